The second-order valence-corrected chi connectivity index (χ2v) is 7.48. The Hall–Kier alpha value is -2.92. The molecule has 1 aliphatic rings. The standard InChI is InChI=1S/C23H24N4S/c1-17(18-7-3-2-4-8-18)25-23(28)26-21-11-12-22(24-15-21)27-14-13-19-9-5-6-10-20(19)16-27/h2-12,15,17H,13-14,16H2,1H3,(H2,25,26,28)/t17-/m0/s1. The molecule has 1 aromatic heterocycles. The quantitative estimate of drug-likeness (QED) is 0.635. The Morgan fingerprint density at radius 3 is 2.50 bits per heavy atom. The fraction of sp³-hybridized carbons (Fsp3) is 0.217. The molecule has 0 spiro atoms. The van der Waals surface area contributed by atoms with Gasteiger partial charge in [0.05, 0.1) is 17.9 Å². The van der Waals surface area contributed by atoms with Gasteiger partial charge in [0.15, 0.2) is 5.11 Å². The van der Waals surface area contributed by atoms with Crippen LogP contribution in [0.1, 0.15) is 29.7 Å². The molecule has 5 heteroatoms. The van der Waals surface area contributed by atoms with Gasteiger partial charge in [-0.25, -0.2) is 4.98 Å². The number of nitrogens with one attached hydrogen (secondary N) is 2. The minimum absolute atomic E-state index is 0.141. The molecule has 1 atom stereocenters. The van der Waals surface area contributed by atoms with E-state index in [4.69, 9.17) is 12.2 Å². The lowest BCUT2D eigenvalue weighted by molar-refractivity contribution is 0.720. The second kappa shape index (κ2) is 8.40. The topological polar surface area (TPSA) is 40.2 Å². The molecular weight excluding hydrogens is 364 g/mol. The Morgan fingerprint density at radius 2 is 1.75 bits per heavy atom. The number of benzene rings is 2. The molecule has 0 unspecified atom stereocenters. The van der Waals surface area contributed by atoms with Gasteiger partial charge in [-0.3, -0.25) is 0 Å². The number of hydrogen-bond donors (Lipinski definition) is 2. The minimum Gasteiger partial charge on any atom is -0.356 e. The van der Waals surface area contributed by atoms with Gasteiger partial charge in [0, 0.05) is 13.1 Å². The summed E-state index contributed by atoms with van der Waals surface area (Å²) in [7, 11) is 0. The summed E-state index contributed by atoms with van der Waals surface area (Å²) in [4.78, 5) is 6.96. The van der Waals surface area contributed by atoms with E-state index in [-0.39, 0.29) is 6.04 Å². The Kier molecular flexibility index (Phi) is 5.53. The van der Waals surface area contributed by atoms with Gasteiger partial charge in [0.2, 0.25) is 0 Å². The molecule has 0 saturated heterocycles. The summed E-state index contributed by atoms with van der Waals surface area (Å²) in [5.74, 6) is 0.997. The molecule has 0 radical (unpaired) electrons. The number of aromatic nitrogens is 1. The van der Waals surface area contributed by atoms with Crippen molar-refractivity contribution in [3.05, 3.63) is 89.6 Å². The van der Waals surface area contributed by atoms with E-state index in [0.717, 1.165) is 31.0 Å². The molecule has 4 rings (SSSR count). The van der Waals surface area contributed by atoms with Crippen molar-refractivity contribution >= 4 is 28.8 Å². The first-order valence-corrected chi connectivity index (χ1v) is 10.00. The van der Waals surface area contributed by atoms with E-state index in [1.54, 1.807) is 0 Å². The second-order valence-electron chi connectivity index (χ2n) is 7.08. The minimum atomic E-state index is 0.141. The van der Waals surface area contributed by atoms with Crippen LogP contribution in [0.15, 0.2) is 72.9 Å². The molecule has 0 fully saturated rings. The lowest BCUT2D eigenvalue weighted by Crippen LogP contribution is -2.31. The van der Waals surface area contributed by atoms with Crippen molar-refractivity contribution in [1.29, 1.82) is 0 Å². The van der Waals surface area contributed by atoms with Gasteiger partial charge in [-0.1, -0.05) is 54.6 Å². The Morgan fingerprint density at radius 1 is 1.00 bits per heavy atom. The van der Waals surface area contributed by atoms with Crippen LogP contribution in [0.25, 0.3) is 0 Å². The summed E-state index contributed by atoms with van der Waals surface area (Å²) >= 11 is 5.45. The van der Waals surface area contributed by atoms with Gasteiger partial charge in [-0.2, -0.15) is 0 Å². The first kappa shape index (κ1) is 18.4. The van der Waals surface area contributed by atoms with Crippen LogP contribution in [0.5, 0.6) is 0 Å². The van der Waals surface area contributed by atoms with Crippen molar-refractivity contribution in [1.82, 2.24) is 10.3 Å². The average molecular weight is 389 g/mol. The van der Waals surface area contributed by atoms with Gasteiger partial charge >= 0.3 is 0 Å². The SMILES string of the molecule is C[C@H](NC(=S)Nc1ccc(N2CCc3ccccc3C2)nc1)c1ccccc1. The molecule has 2 heterocycles. The number of nitrogens with zero attached hydrogens (tertiary/aromatic N) is 2. The molecule has 0 aliphatic carbocycles. The van der Waals surface area contributed by atoms with Gasteiger partial charge < -0.3 is 15.5 Å². The third kappa shape index (κ3) is 4.31. The van der Waals surface area contributed by atoms with E-state index in [0.29, 0.717) is 5.11 Å². The summed E-state index contributed by atoms with van der Waals surface area (Å²) in [6.45, 7) is 3.99. The lowest BCUT2D eigenvalue weighted by Gasteiger charge is -2.29. The first-order valence-electron chi connectivity index (χ1n) is 9.59. The van der Waals surface area contributed by atoms with E-state index in [1.165, 1.54) is 16.7 Å². The third-order valence-electron chi connectivity index (χ3n) is 5.11. The smallest absolute Gasteiger partial charge is 0.171 e. The zero-order valence-corrected chi connectivity index (χ0v) is 16.7. The van der Waals surface area contributed by atoms with E-state index in [2.05, 4.69) is 69.9 Å². The molecule has 0 saturated carbocycles. The average Bonchev–Trinajstić information content (AvgIpc) is 2.74. The molecule has 2 aromatic carbocycles. The largest absolute Gasteiger partial charge is 0.356 e. The van der Waals surface area contributed by atoms with Crippen molar-refractivity contribution in [2.24, 2.45) is 0 Å². The summed E-state index contributed by atoms with van der Waals surface area (Å²) in [5.41, 5.74) is 4.92. The molecule has 28 heavy (non-hydrogen) atoms. The van der Waals surface area contributed by atoms with Crippen LogP contribution >= 0.6 is 12.2 Å². The maximum Gasteiger partial charge on any atom is 0.171 e. The zero-order valence-electron chi connectivity index (χ0n) is 15.9. The van der Waals surface area contributed by atoms with Crippen LogP contribution in [0.2, 0.25) is 0 Å². The van der Waals surface area contributed by atoms with Crippen LogP contribution in [0.4, 0.5) is 11.5 Å². The summed E-state index contributed by atoms with van der Waals surface area (Å²) in [5, 5.41) is 7.14. The molecule has 1 aliphatic heterocycles. The summed E-state index contributed by atoms with van der Waals surface area (Å²) in [6.07, 6.45) is 2.90. The van der Waals surface area contributed by atoms with Crippen molar-refractivity contribution in [2.75, 3.05) is 16.8 Å². The maximum atomic E-state index is 5.45. The Labute approximate surface area is 171 Å². The molecule has 4 nitrogen and oxygen atoms in total. The van der Waals surface area contributed by atoms with E-state index < -0.39 is 0 Å². The fourth-order valence-electron chi connectivity index (χ4n) is 3.53. The van der Waals surface area contributed by atoms with Crippen LogP contribution in [-0.2, 0) is 13.0 Å². The van der Waals surface area contributed by atoms with Crippen molar-refractivity contribution in [3.63, 3.8) is 0 Å². The van der Waals surface area contributed by atoms with Crippen molar-refractivity contribution in [3.8, 4) is 0 Å². The Balaban J connectivity index is 1.35. The maximum absolute atomic E-state index is 5.45. The van der Waals surface area contributed by atoms with Crippen molar-refractivity contribution < 1.29 is 0 Å². The normalized spacial score (nSPS) is 14.1. The number of rotatable bonds is 4. The summed E-state index contributed by atoms with van der Waals surface area (Å²) < 4.78 is 0. The molecular formula is C23H24N4S. The molecule has 0 bridgehead atoms. The lowest BCUT2D eigenvalue weighted by atomic mass is 10.00. The molecule has 3 aromatic rings. The third-order valence-corrected chi connectivity index (χ3v) is 5.33. The highest BCUT2D eigenvalue weighted by atomic mass is 32.1. The Bertz CT molecular complexity index is 940. The van der Waals surface area contributed by atoms with Gasteiger partial charge in [0.1, 0.15) is 5.82 Å². The fourth-order valence-corrected chi connectivity index (χ4v) is 3.82. The molecule has 0 amide bonds. The van der Waals surface area contributed by atoms with E-state index >= 15 is 0 Å². The number of anilines is 2. The van der Waals surface area contributed by atoms with Crippen molar-refractivity contribution in [2.45, 2.75) is 25.9 Å². The van der Waals surface area contributed by atoms with Gasteiger partial charge in [-0.15, -0.1) is 0 Å². The molecule has 2 N–H and O–H groups in total. The highest BCUT2D eigenvalue weighted by molar-refractivity contribution is 7.80. The zero-order chi connectivity index (χ0) is 19.3. The number of hydrogen-bond acceptors (Lipinski definition) is 3. The summed E-state index contributed by atoms with van der Waals surface area (Å²) in [6, 6.07) is 23.1. The first-order chi connectivity index (χ1) is 13.7. The number of thiocarbonyl (C=S) groups is 1. The van der Waals surface area contributed by atoms with Crippen LogP contribution in [-0.4, -0.2) is 16.6 Å². The highest BCUT2D eigenvalue weighted by Gasteiger charge is 2.17. The van der Waals surface area contributed by atoms with E-state index in [9.17, 15) is 0 Å². The highest BCUT2D eigenvalue weighted by Crippen LogP contribution is 2.23. The number of pyridine rings is 1. The predicted molar refractivity (Wildman–Crippen MR) is 120 cm³/mol. The van der Waals surface area contributed by atoms with Gasteiger partial charge in [0.25, 0.3) is 0 Å². The van der Waals surface area contributed by atoms with Crippen LogP contribution in [0.3, 0.4) is 0 Å². The molecule has 142 valence electrons. The van der Waals surface area contributed by atoms with Crippen LogP contribution in [0, 0.1) is 0 Å². The van der Waals surface area contributed by atoms with Crippen LogP contribution < -0.4 is 15.5 Å². The predicted octanol–water partition coefficient (Wildman–Crippen LogP) is 4.69. The van der Waals surface area contributed by atoms with E-state index in [1.807, 2.05) is 30.5 Å². The van der Waals surface area contributed by atoms with Gasteiger partial charge in [-0.05, 0) is 54.4 Å². The monoisotopic (exact) mass is 388 g/mol. The number of fused-ring (bicyclic) bond motifs is 1.